The molecule has 0 unspecified atom stereocenters. The molecule has 10 aromatic carbocycles. The first-order valence-electron chi connectivity index (χ1n) is 20.9. The standard InChI is InChI=1S/C57H34N4S/c1-2-15-35(16-3-1)55-58-56(60-57(59-55)54-41-21-8-6-19-38(41)31-39-20-7-9-22-42(39)54)40-29-30-49(47(33-40)44-25-14-28-52-53(44)45-24-11-13-27-51(45)62-52)61-48-26-12-10-23-43(48)46-32-36-17-4-5-18-37(36)34-50(46)61/h1-34H. The van der Waals surface area contributed by atoms with E-state index < -0.39 is 0 Å². The summed E-state index contributed by atoms with van der Waals surface area (Å²) in [6.45, 7) is 0. The maximum absolute atomic E-state index is 5.44. The Kier molecular flexibility index (Phi) is 7.74. The second-order valence-corrected chi connectivity index (χ2v) is 17.0. The fraction of sp³-hybridized carbons (Fsp3) is 0. The molecular formula is C57H34N4S. The van der Waals surface area contributed by atoms with Crippen LogP contribution in [0.2, 0.25) is 0 Å². The van der Waals surface area contributed by atoms with Crippen LogP contribution in [-0.4, -0.2) is 19.5 Å². The van der Waals surface area contributed by atoms with E-state index in [1.165, 1.54) is 47.3 Å². The molecular weight excluding hydrogens is 773 g/mol. The van der Waals surface area contributed by atoms with Gasteiger partial charge >= 0.3 is 0 Å². The van der Waals surface area contributed by atoms with E-state index in [1.54, 1.807) is 0 Å². The summed E-state index contributed by atoms with van der Waals surface area (Å²) >= 11 is 1.84. The SMILES string of the molecule is c1ccc(-c2nc(-c3ccc(-n4c5ccccc5c5cc6ccccc6cc54)c(-c4cccc5sc6ccccc6c45)c3)nc(-c3c4ccccc4cc4ccccc34)n2)cc1. The average molecular weight is 807 g/mol. The molecule has 5 heteroatoms. The minimum atomic E-state index is 0.620. The van der Waals surface area contributed by atoms with Crippen molar-refractivity contribution < 1.29 is 0 Å². The summed E-state index contributed by atoms with van der Waals surface area (Å²) in [6.07, 6.45) is 0. The van der Waals surface area contributed by atoms with Gasteiger partial charge < -0.3 is 4.57 Å². The average Bonchev–Trinajstić information content (AvgIpc) is 3.88. The fourth-order valence-corrected chi connectivity index (χ4v) is 10.7. The summed E-state index contributed by atoms with van der Waals surface area (Å²) in [4.78, 5) is 16.0. The third-order valence-corrected chi connectivity index (χ3v) is 13.5. The predicted molar refractivity (Wildman–Crippen MR) is 261 cm³/mol. The van der Waals surface area contributed by atoms with Crippen molar-refractivity contribution in [3.8, 4) is 51.0 Å². The van der Waals surface area contributed by atoms with Crippen LogP contribution in [0.15, 0.2) is 206 Å². The number of thiophene rings is 1. The van der Waals surface area contributed by atoms with Crippen molar-refractivity contribution in [2.24, 2.45) is 0 Å². The molecule has 0 amide bonds. The van der Waals surface area contributed by atoms with Gasteiger partial charge in [0.05, 0.1) is 16.7 Å². The number of fused-ring (bicyclic) bond motifs is 9. The zero-order valence-corrected chi connectivity index (χ0v) is 34.1. The molecule has 0 aliphatic carbocycles. The maximum Gasteiger partial charge on any atom is 0.165 e. The van der Waals surface area contributed by atoms with Crippen LogP contribution in [0.5, 0.6) is 0 Å². The number of benzene rings is 10. The first-order valence-corrected chi connectivity index (χ1v) is 21.7. The Balaban J connectivity index is 1.13. The molecule has 4 nitrogen and oxygen atoms in total. The molecule has 13 aromatic rings. The Morgan fingerprint density at radius 2 is 0.935 bits per heavy atom. The van der Waals surface area contributed by atoms with Crippen LogP contribution in [0, 0.1) is 0 Å². The number of aromatic nitrogens is 4. The van der Waals surface area contributed by atoms with Gasteiger partial charge in [0.1, 0.15) is 0 Å². The van der Waals surface area contributed by atoms with Crippen molar-refractivity contribution in [2.45, 2.75) is 0 Å². The van der Waals surface area contributed by atoms with E-state index in [2.05, 4.69) is 193 Å². The van der Waals surface area contributed by atoms with Gasteiger partial charge in [0.2, 0.25) is 0 Å². The molecule has 62 heavy (non-hydrogen) atoms. The van der Waals surface area contributed by atoms with E-state index >= 15 is 0 Å². The zero-order valence-electron chi connectivity index (χ0n) is 33.3. The van der Waals surface area contributed by atoms with Crippen LogP contribution in [0.3, 0.4) is 0 Å². The van der Waals surface area contributed by atoms with Crippen LogP contribution >= 0.6 is 11.3 Å². The smallest absolute Gasteiger partial charge is 0.165 e. The van der Waals surface area contributed by atoms with Gasteiger partial charge in [-0.3, -0.25) is 0 Å². The van der Waals surface area contributed by atoms with E-state index in [4.69, 9.17) is 15.0 Å². The highest BCUT2D eigenvalue weighted by atomic mass is 32.1. The Morgan fingerprint density at radius 1 is 0.339 bits per heavy atom. The zero-order chi connectivity index (χ0) is 40.7. The van der Waals surface area contributed by atoms with Crippen LogP contribution in [0.25, 0.3) is 125 Å². The van der Waals surface area contributed by atoms with Gasteiger partial charge in [-0.1, -0.05) is 152 Å². The molecule has 13 rings (SSSR count). The minimum absolute atomic E-state index is 0.620. The number of hydrogen-bond acceptors (Lipinski definition) is 4. The van der Waals surface area contributed by atoms with Gasteiger partial charge in [0, 0.05) is 53.2 Å². The number of para-hydroxylation sites is 1. The number of nitrogens with zero attached hydrogens (tertiary/aromatic N) is 4. The highest BCUT2D eigenvalue weighted by Crippen LogP contribution is 2.45. The molecule has 0 N–H and O–H groups in total. The molecule has 0 fully saturated rings. The minimum Gasteiger partial charge on any atom is -0.309 e. The largest absolute Gasteiger partial charge is 0.309 e. The highest BCUT2D eigenvalue weighted by Gasteiger charge is 2.22. The summed E-state index contributed by atoms with van der Waals surface area (Å²) in [6, 6.07) is 74.0. The fourth-order valence-electron chi connectivity index (χ4n) is 9.59. The third kappa shape index (κ3) is 5.42. The Bertz CT molecular complexity index is 3880. The van der Waals surface area contributed by atoms with E-state index in [0.717, 1.165) is 60.5 Å². The Morgan fingerprint density at radius 3 is 1.71 bits per heavy atom. The second kappa shape index (κ2) is 13.8. The normalized spacial score (nSPS) is 11.9. The van der Waals surface area contributed by atoms with Crippen LogP contribution in [0.1, 0.15) is 0 Å². The molecule has 0 aliphatic heterocycles. The van der Waals surface area contributed by atoms with Crippen LogP contribution in [-0.2, 0) is 0 Å². The molecule has 3 aromatic heterocycles. The molecule has 0 saturated heterocycles. The van der Waals surface area contributed by atoms with Gasteiger partial charge in [0.25, 0.3) is 0 Å². The number of rotatable bonds is 5. The van der Waals surface area contributed by atoms with Crippen molar-refractivity contribution in [2.75, 3.05) is 0 Å². The highest BCUT2D eigenvalue weighted by molar-refractivity contribution is 7.25. The van der Waals surface area contributed by atoms with Gasteiger partial charge in [-0.15, -0.1) is 11.3 Å². The van der Waals surface area contributed by atoms with Crippen molar-refractivity contribution in [3.63, 3.8) is 0 Å². The lowest BCUT2D eigenvalue weighted by molar-refractivity contribution is 1.08. The van der Waals surface area contributed by atoms with Crippen molar-refractivity contribution in [1.29, 1.82) is 0 Å². The Hall–Kier alpha value is -7.99. The van der Waals surface area contributed by atoms with E-state index in [9.17, 15) is 0 Å². The second-order valence-electron chi connectivity index (χ2n) is 15.9. The first kappa shape index (κ1) is 34.8. The topological polar surface area (TPSA) is 43.6 Å². The maximum atomic E-state index is 5.44. The Labute approximate surface area is 360 Å². The number of hydrogen-bond donors (Lipinski definition) is 0. The summed E-state index contributed by atoms with van der Waals surface area (Å²) in [5.41, 5.74) is 8.54. The van der Waals surface area contributed by atoms with E-state index in [1.807, 2.05) is 29.5 Å². The molecule has 0 spiro atoms. The summed E-state index contributed by atoms with van der Waals surface area (Å²) in [7, 11) is 0. The monoisotopic (exact) mass is 806 g/mol. The van der Waals surface area contributed by atoms with Gasteiger partial charge in [-0.25, -0.2) is 15.0 Å². The van der Waals surface area contributed by atoms with E-state index in [-0.39, 0.29) is 0 Å². The van der Waals surface area contributed by atoms with E-state index in [0.29, 0.717) is 17.5 Å². The van der Waals surface area contributed by atoms with Crippen molar-refractivity contribution in [1.82, 2.24) is 19.5 Å². The third-order valence-electron chi connectivity index (χ3n) is 12.4. The quantitative estimate of drug-likeness (QED) is 0.163. The lowest BCUT2D eigenvalue weighted by Crippen LogP contribution is -2.02. The molecule has 3 heterocycles. The molecule has 0 bridgehead atoms. The van der Waals surface area contributed by atoms with Crippen LogP contribution < -0.4 is 0 Å². The predicted octanol–water partition coefficient (Wildman–Crippen LogP) is 15.5. The molecule has 0 saturated carbocycles. The molecule has 0 radical (unpaired) electrons. The van der Waals surface area contributed by atoms with Crippen molar-refractivity contribution >= 4 is 85.6 Å². The lowest BCUT2D eigenvalue weighted by Gasteiger charge is -2.17. The first-order chi connectivity index (χ1) is 30.7. The van der Waals surface area contributed by atoms with Crippen LogP contribution in [0.4, 0.5) is 0 Å². The van der Waals surface area contributed by atoms with Crippen molar-refractivity contribution in [3.05, 3.63) is 206 Å². The summed E-state index contributed by atoms with van der Waals surface area (Å²) < 4.78 is 4.98. The summed E-state index contributed by atoms with van der Waals surface area (Å²) in [5.74, 6) is 1.90. The van der Waals surface area contributed by atoms with Gasteiger partial charge in [-0.2, -0.15) is 0 Å². The van der Waals surface area contributed by atoms with Gasteiger partial charge in [0.15, 0.2) is 17.5 Å². The molecule has 0 aliphatic rings. The molecule has 0 atom stereocenters. The van der Waals surface area contributed by atoms with Gasteiger partial charge in [-0.05, 0) is 92.5 Å². The summed E-state index contributed by atoms with van der Waals surface area (Å²) in [5, 5.41) is 11.9. The lowest BCUT2D eigenvalue weighted by atomic mass is 9.95. The molecule has 288 valence electrons.